The van der Waals surface area contributed by atoms with Crippen LogP contribution in [0.3, 0.4) is 0 Å². The van der Waals surface area contributed by atoms with E-state index >= 15 is 0 Å². The number of carbonyl (C=O) groups excluding carboxylic acids is 1. The summed E-state index contributed by atoms with van der Waals surface area (Å²) in [6, 6.07) is 7.11. The smallest absolute Gasteiger partial charge is 0.254 e. The largest absolute Gasteiger partial charge is 0.508 e. The maximum Gasteiger partial charge on any atom is 0.254 e. The molecule has 0 saturated carbocycles. The van der Waals surface area contributed by atoms with E-state index in [1.54, 1.807) is 24.4 Å². The van der Waals surface area contributed by atoms with E-state index in [4.69, 9.17) is 0 Å². The van der Waals surface area contributed by atoms with Gasteiger partial charge in [-0.25, -0.2) is 0 Å². The molecular weight excluding hydrogens is 278 g/mol. The van der Waals surface area contributed by atoms with Crippen LogP contribution >= 0.6 is 0 Å². The number of hydrogen-bond acceptors (Lipinski definition) is 3. The number of phenols is 1. The second kappa shape index (κ2) is 6.22. The average molecular weight is 299 g/mol. The Morgan fingerprint density at radius 1 is 1.41 bits per heavy atom. The van der Waals surface area contributed by atoms with E-state index in [-0.39, 0.29) is 17.7 Å². The number of nitrogens with one attached hydrogen (secondary N) is 1. The summed E-state index contributed by atoms with van der Waals surface area (Å²) < 4.78 is 0. The number of aromatic hydroxyl groups is 1. The lowest BCUT2D eigenvalue weighted by Gasteiger charge is -2.35. The number of rotatable bonds is 3. The lowest BCUT2D eigenvalue weighted by molar-refractivity contribution is 0.0606. The minimum Gasteiger partial charge on any atom is -0.508 e. The molecule has 2 heterocycles. The zero-order chi connectivity index (χ0) is 15.5. The van der Waals surface area contributed by atoms with Crippen molar-refractivity contribution in [2.75, 3.05) is 6.54 Å². The molecule has 1 saturated heterocycles. The third kappa shape index (κ3) is 2.71. The van der Waals surface area contributed by atoms with E-state index < -0.39 is 0 Å². The Hall–Kier alpha value is -2.30. The van der Waals surface area contributed by atoms with E-state index in [9.17, 15) is 9.90 Å². The minimum atomic E-state index is 0.0222. The number of H-pyrrole nitrogens is 1. The number of aromatic amines is 1. The van der Waals surface area contributed by atoms with Gasteiger partial charge < -0.3 is 10.0 Å². The van der Waals surface area contributed by atoms with Crippen LogP contribution in [-0.2, 0) is 6.42 Å². The molecule has 5 nitrogen and oxygen atoms in total. The van der Waals surface area contributed by atoms with E-state index in [2.05, 4.69) is 10.2 Å². The molecule has 2 N–H and O–H groups in total. The molecule has 3 rings (SSSR count). The number of phenolic OH excluding ortho intramolecular Hbond substituents is 1. The number of aryl methyl sites for hydroxylation is 1. The maximum absolute atomic E-state index is 12.9. The van der Waals surface area contributed by atoms with Gasteiger partial charge >= 0.3 is 0 Å². The molecular formula is C17H21N3O2. The quantitative estimate of drug-likeness (QED) is 0.915. The Balaban J connectivity index is 1.89. The van der Waals surface area contributed by atoms with Crippen LogP contribution in [0.25, 0.3) is 0 Å². The number of piperidine rings is 1. The third-order valence-corrected chi connectivity index (χ3v) is 4.35. The Kier molecular flexibility index (Phi) is 4.13. The lowest BCUT2D eigenvalue weighted by atomic mass is 9.97. The molecule has 1 aromatic heterocycles. The highest BCUT2D eigenvalue weighted by Gasteiger charge is 2.29. The number of benzene rings is 1. The van der Waals surface area contributed by atoms with Gasteiger partial charge in [0.25, 0.3) is 5.91 Å². The summed E-state index contributed by atoms with van der Waals surface area (Å²) in [4.78, 5) is 14.8. The van der Waals surface area contributed by atoms with Gasteiger partial charge in [-0.1, -0.05) is 6.92 Å². The summed E-state index contributed by atoms with van der Waals surface area (Å²) in [5.41, 5.74) is 2.43. The molecule has 0 aliphatic carbocycles. The maximum atomic E-state index is 12.9. The Morgan fingerprint density at radius 3 is 3.00 bits per heavy atom. The van der Waals surface area contributed by atoms with E-state index in [1.165, 1.54) is 0 Å². The standard InChI is InChI=1S/C17H21N3O2/c1-2-12-11-13(6-7-16(12)21)17(22)20-10-4-3-5-15(20)14-8-9-18-19-14/h6-9,11,15,21H,2-5,10H2,1H3,(H,18,19)/t15-/m0/s1. The number of carbonyl (C=O) groups is 1. The van der Waals surface area contributed by atoms with Crippen molar-refractivity contribution in [2.24, 2.45) is 0 Å². The van der Waals surface area contributed by atoms with E-state index in [0.29, 0.717) is 12.0 Å². The van der Waals surface area contributed by atoms with Crippen LogP contribution in [0.1, 0.15) is 53.8 Å². The molecule has 1 amide bonds. The Labute approximate surface area is 130 Å². The summed E-state index contributed by atoms with van der Waals surface area (Å²) in [5, 5.41) is 16.8. The third-order valence-electron chi connectivity index (χ3n) is 4.35. The topological polar surface area (TPSA) is 69.2 Å². The molecule has 1 aliphatic rings. The second-order valence-corrected chi connectivity index (χ2v) is 5.72. The van der Waals surface area contributed by atoms with Crippen LogP contribution in [0.15, 0.2) is 30.5 Å². The van der Waals surface area contributed by atoms with Crippen molar-refractivity contribution in [1.29, 1.82) is 0 Å². The van der Waals surface area contributed by atoms with Crippen LogP contribution in [0.2, 0.25) is 0 Å². The van der Waals surface area contributed by atoms with Crippen molar-refractivity contribution in [1.82, 2.24) is 15.1 Å². The molecule has 0 radical (unpaired) electrons. The number of hydrogen-bond donors (Lipinski definition) is 2. The zero-order valence-corrected chi connectivity index (χ0v) is 12.7. The molecule has 0 unspecified atom stereocenters. The lowest BCUT2D eigenvalue weighted by Crippen LogP contribution is -2.38. The molecule has 0 bridgehead atoms. The van der Waals surface area contributed by atoms with Crippen molar-refractivity contribution in [2.45, 2.75) is 38.6 Å². The number of amides is 1. The van der Waals surface area contributed by atoms with Gasteiger partial charge in [0.15, 0.2) is 0 Å². The SMILES string of the molecule is CCc1cc(C(=O)N2CCCC[C@H]2c2ccn[nH]2)ccc1O. The normalized spacial score (nSPS) is 18.4. The fourth-order valence-corrected chi connectivity index (χ4v) is 3.12. The fourth-order valence-electron chi connectivity index (χ4n) is 3.12. The van der Waals surface area contributed by atoms with Gasteiger partial charge in [-0.15, -0.1) is 0 Å². The number of likely N-dealkylation sites (tertiary alicyclic amines) is 1. The molecule has 1 aliphatic heterocycles. The molecule has 116 valence electrons. The van der Waals surface area contributed by atoms with Crippen molar-refractivity contribution in [3.05, 3.63) is 47.3 Å². The van der Waals surface area contributed by atoms with Crippen molar-refractivity contribution >= 4 is 5.91 Å². The summed E-state index contributed by atoms with van der Waals surface area (Å²) >= 11 is 0. The van der Waals surface area contributed by atoms with Gasteiger partial charge in [0.2, 0.25) is 0 Å². The monoisotopic (exact) mass is 299 g/mol. The number of nitrogens with zero attached hydrogens (tertiary/aromatic N) is 2. The first kappa shape index (κ1) is 14.6. The highest BCUT2D eigenvalue weighted by molar-refractivity contribution is 5.95. The molecule has 5 heteroatoms. The highest BCUT2D eigenvalue weighted by Crippen LogP contribution is 2.31. The summed E-state index contributed by atoms with van der Waals surface area (Å²) in [7, 11) is 0. The van der Waals surface area contributed by atoms with Crippen LogP contribution in [0.4, 0.5) is 0 Å². The summed E-state index contributed by atoms with van der Waals surface area (Å²) in [5.74, 6) is 0.275. The second-order valence-electron chi connectivity index (χ2n) is 5.72. The van der Waals surface area contributed by atoms with Gasteiger partial charge in [0, 0.05) is 18.3 Å². The fraction of sp³-hybridized carbons (Fsp3) is 0.412. The molecule has 22 heavy (non-hydrogen) atoms. The predicted octanol–water partition coefficient (Wildman–Crippen LogP) is 3.05. The summed E-state index contributed by atoms with van der Waals surface area (Å²) in [6.45, 7) is 2.72. The van der Waals surface area contributed by atoms with Gasteiger partial charge in [0.05, 0.1) is 11.7 Å². The van der Waals surface area contributed by atoms with Crippen LogP contribution in [0.5, 0.6) is 5.75 Å². The number of aromatic nitrogens is 2. The Bertz CT molecular complexity index is 652. The van der Waals surface area contributed by atoms with Crippen molar-refractivity contribution in [3.63, 3.8) is 0 Å². The van der Waals surface area contributed by atoms with Crippen molar-refractivity contribution < 1.29 is 9.90 Å². The first-order valence-corrected chi connectivity index (χ1v) is 7.83. The molecule has 0 spiro atoms. The van der Waals surface area contributed by atoms with Gasteiger partial charge in [0.1, 0.15) is 5.75 Å². The molecule has 1 fully saturated rings. The predicted molar refractivity (Wildman–Crippen MR) is 83.7 cm³/mol. The van der Waals surface area contributed by atoms with Gasteiger partial charge in [-0.05, 0) is 55.5 Å². The zero-order valence-electron chi connectivity index (χ0n) is 12.7. The van der Waals surface area contributed by atoms with E-state index in [1.807, 2.05) is 17.9 Å². The van der Waals surface area contributed by atoms with Crippen molar-refractivity contribution in [3.8, 4) is 5.75 Å². The van der Waals surface area contributed by atoms with Gasteiger partial charge in [-0.3, -0.25) is 9.89 Å². The molecule has 1 aromatic carbocycles. The highest BCUT2D eigenvalue weighted by atomic mass is 16.3. The summed E-state index contributed by atoms with van der Waals surface area (Å²) in [6.07, 6.45) is 5.52. The first-order chi connectivity index (χ1) is 10.7. The van der Waals surface area contributed by atoms with Crippen LogP contribution < -0.4 is 0 Å². The first-order valence-electron chi connectivity index (χ1n) is 7.83. The minimum absolute atomic E-state index is 0.0222. The van der Waals surface area contributed by atoms with Crippen LogP contribution in [0, 0.1) is 0 Å². The van der Waals surface area contributed by atoms with Crippen LogP contribution in [-0.4, -0.2) is 32.7 Å². The van der Waals surface area contributed by atoms with E-state index in [0.717, 1.165) is 37.1 Å². The van der Waals surface area contributed by atoms with Gasteiger partial charge in [-0.2, -0.15) is 5.10 Å². The molecule has 2 aromatic rings. The molecule has 1 atom stereocenters. The Morgan fingerprint density at radius 2 is 2.27 bits per heavy atom. The average Bonchev–Trinajstić information content (AvgIpc) is 3.09.